The van der Waals surface area contributed by atoms with E-state index >= 15 is 0 Å². The summed E-state index contributed by atoms with van der Waals surface area (Å²) in [6, 6.07) is 8.67. The number of fused-ring (bicyclic) bond motifs is 1. The van der Waals surface area contributed by atoms with Gasteiger partial charge in [-0.3, -0.25) is 9.48 Å². The molecule has 4 heteroatoms. The molecule has 0 radical (unpaired) electrons. The van der Waals surface area contributed by atoms with Crippen molar-refractivity contribution >= 4 is 5.91 Å². The van der Waals surface area contributed by atoms with Crippen molar-refractivity contribution in [1.29, 1.82) is 0 Å². The largest absolute Gasteiger partial charge is 0.335 e. The first kappa shape index (κ1) is 14.5. The highest BCUT2D eigenvalue weighted by Crippen LogP contribution is 2.38. The van der Waals surface area contributed by atoms with Crippen LogP contribution in [0.5, 0.6) is 0 Å². The average Bonchev–Trinajstić information content (AvgIpc) is 3.22. The molecular weight excluding hydrogens is 286 g/mol. The predicted octanol–water partition coefficient (Wildman–Crippen LogP) is 3.20. The number of rotatable bonds is 2. The quantitative estimate of drug-likeness (QED) is 0.854. The molecule has 2 heterocycles. The molecule has 0 bridgehead atoms. The molecule has 0 unspecified atom stereocenters. The number of aryl methyl sites for hydroxylation is 2. The lowest BCUT2D eigenvalue weighted by atomic mass is 9.82. The van der Waals surface area contributed by atoms with Gasteiger partial charge in [0, 0.05) is 25.4 Å². The third-order valence-corrected chi connectivity index (χ3v) is 5.31. The summed E-state index contributed by atoms with van der Waals surface area (Å²) < 4.78 is 1.83. The molecule has 1 fully saturated rings. The van der Waals surface area contributed by atoms with E-state index in [1.807, 2.05) is 24.1 Å². The van der Waals surface area contributed by atoms with Gasteiger partial charge in [0.05, 0.1) is 18.2 Å². The number of hydrogen-bond donors (Lipinski definition) is 0. The lowest BCUT2D eigenvalue weighted by molar-refractivity contribution is -0.134. The third-order valence-electron chi connectivity index (χ3n) is 5.31. The van der Waals surface area contributed by atoms with Crippen molar-refractivity contribution in [3.05, 3.63) is 53.3 Å². The minimum absolute atomic E-state index is 0.0391. The van der Waals surface area contributed by atoms with Crippen LogP contribution >= 0.6 is 0 Å². The van der Waals surface area contributed by atoms with E-state index in [9.17, 15) is 4.79 Å². The zero-order valence-electron chi connectivity index (χ0n) is 13.6. The van der Waals surface area contributed by atoms with E-state index in [2.05, 4.69) is 34.3 Å². The van der Waals surface area contributed by atoms with Crippen LogP contribution in [0.15, 0.2) is 36.7 Å². The zero-order chi connectivity index (χ0) is 15.8. The van der Waals surface area contributed by atoms with Gasteiger partial charge in [0.1, 0.15) is 0 Å². The molecule has 0 N–H and O–H groups in total. The number of aromatic nitrogens is 2. The molecule has 1 amide bonds. The van der Waals surface area contributed by atoms with E-state index in [-0.39, 0.29) is 12.0 Å². The molecule has 23 heavy (non-hydrogen) atoms. The summed E-state index contributed by atoms with van der Waals surface area (Å²) in [6.45, 7) is 0.872. The summed E-state index contributed by atoms with van der Waals surface area (Å²) in [6.07, 6.45) is 9.28. The summed E-state index contributed by atoms with van der Waals surface area (Å²) in [5.74, 6) is 0.348. The van der Waals surface area contributed by atoms with Crippen molar-refractivity contribution in [2.75, 3.05) is 6.54 Å². The van der Waals surface area contributed by atoms with E-state index in [0.717, 1.165) is 38.6 Å². The van der Waals surface area contributed by atoms with Crippen molar-refractivity contribution in [1.82, 2.24) is 14.7 Å². The van der Waals surface area contributed by atoms with Crippen LogP contribution in [0.1, 0.15) is 54.3 Å². The van der Waals surface area contributed by atoms with Gasteiger partial charge in [0.25, 0.3) is 0 Å². The predicted molar refractivity (Wildman–Crippen MR) is 89.0 cm³/mol. The molecule has 1 saturated heterocycles. The molecule has 0 spiro atoms. The minimum atomic E-state index is 0.0391. The van der Waals surface area contributed by atoms with Crippen LogP contribution in [0.25, 0.3) is 0 Å². The van der Waals surface area contributed by atoms with Crippen LogP contribution < -0.4 is 0 Å². The SMILES string of the molecule is Cn1cc([C@@H]2CCCN2C(=O)[C@H]2CCCc3ccccc32)cn1. The highest BCUT2D eigenvalue weighted by molar-refractivity contribution is 5.85. The summed E-state index contributed by atoms with van der Waals surface area (Å²) in [4.78, 5) is 15.4. The molecule has 1 aromatic carbocycles. The van der Waals surface area contributed by atoms with Crippen molar-refractivity contribution in [2.24, 2.45) is 7.05 Å². The van der Waals surface area contributed by atoms with Crippen LogP contribution in [-0.4, -0.2) is 27.1 Å². The lowest BCUT2D eigenvalue weighted by Gasteiger charge is -2.31. The Labute approximate surface area is 137 Å². The topological polar surface area (TPSA) is 38.1 Å². The van der Waals surface area contributed by atoms with E-state index in [0.29, 0.717) is 5.91 Å². The molecule has 120 valence electrons. The fourth-order valence-electron chi connectivity index (χ4n) is 4.20. The van der Waals surface area contributed by atoms with E-state index < -0.39 is 0 Å². The molecule has 1 aromatic heterocycles. The van der Waals surface area contributed by atoms with Crippen LogP contribution in [0.4, 0.5) is 0 Å². The Morgan fingerprint density at radius 2 is 2.09 bits per heavy atom. The van der Waals surface area contributed by atoms with Crippen molar-refractivity contribution < 1.29 is 4.79 Å². The van der Waals surface area contributed by atoms with E-state index in [4.69, 9.17) is 0 Å². The maximum Gasteiger partial charge on any atom is 0.230 e. The maximum absolute atomic E-state index is 13.3. The Balaban J connectivity index is 1.62. The second-order valence-electron chi connectivity index (χ2n) is 6.78. The highest BCUT2D eigenvalue weighted by Gasteiger charge is 2.36. The van der Waals surface area contributed by atoms with Gasteiger partial charge in [-0.05, 0) is 43.2 Å². The molecule has 2 atom stereocenters. The standard InChI is InChI=1S/C19H23N3O/c1-21-13-15(12-20-21)18-10-5-11-22(18)19(23)17-9-4-7-14-6-2-3-8-16(14)17/h2-3,6,8,12-13,17-18H,4-5,7,9-11H2,1H3/t17-,18-/m0/s1. The Bertz CT molecular complexity index is 721. The fourth-order valence-corrected chi connectivity index (χ4v) is 4.20. The van der Waals surface area contributed by atoms with Gasteiger partial charge in [-0.1, -0.05) is 24.3 Å². The smallest absolute Gasteiger partial charge is 0.230 e. The summed E-state index contributed by atoms with van der Waals surface area (Å²) >= 11 is 0. The summed E-state index contributed by atoms with van der Waals surface area (Å²) in [7, 11) is 1.93. The highest BCUT2D eigenvalue weighted by atomic mass is 16.2. The van der Waals surface area contributed by atoms with Gasteiger partial charge >= 0.3 is 0 Å². The molecule has 1 aliphatic carbocycles. The average molecular weight is 309 g/mol. The zero-order valence-corrected chi connectivity index (χ0v) is 13.6. The van der Waals surface area contributed by atoms with E-state index in [1.54, 1.807) is 0 Å². The fraction of sp³-hybridized carbons (Fsp3) is 0.474. The van der Waals surface area contributed by atoms with Gasteiger partial charge in [0.15, 0.2) is 0 Å². The Morgan fingerprint density at radius 3 is 2.91 bits per heavy atom. The van der Waals surface area contributed by atoms with Crippen LogP contribution in [0.3, 0.4) is 0 Å². The minimum Gasteiger partial charge on any atom is -0.335 e. The molecule has 2 aliphatic rings. The third kappa shape index (κ3) is 2.56. The first-order valence-electron chi connectivity index (χ1n) is 8.61. The van der Waals surface area contributed by atoms with Gasteiger partial charge in [-0.15, -0.1) is 0 Å². The molecule has 2 aromatic rings. The number of amides is 1. The number of hydrogen-bond acceptors (Lipinski definition) is 2. The van der Waals surface area contributed by atoms with Gasteiger partial charge in [-0.25, -0.2) is 0 Å². The number of carbonyl (C=O) groups excluding carboxylic acids is 1. The number of benzene rings is 1. The van der Waals surface area contributed by atoms with Gasteiger partial charge in [-0.2, -0.15) is 5.10 Å². The van der Waals surface area contributed by atoms with Crippen molar-refractivity contribution in [2.45, 2.75) is 44.1 Å². The normalized spacial score (nSPS) is 23.8. The second-order valence-corrected chi connectivity index (χ2v) is 6.78. The Kier molecular flexibility index (Phi) is 3.68. The first-order chi connectivity index (χ1) is 11.2. The van der Waals surface area contributed by atoms with Crippen molar-refractivity contribution in [3.8, 4) is 0 Å². The molecule has 0 saturated carbocycles. The lowest BCUT2D eigenvalue weighted by Crippen LogP contribution is -2.36. The number of nitrogens with zero attached hydrogens (tertiary/aromatic N) is 3. The van der Waals surface area contributed by atoms with Gasteiger partial charge in [0.2, 0.25) is 5.91 Å². The van der Waals surface area contributed by atoms with Crippen molar-refractivity contribution in [3.63, 3.8) is 0 Å². The maximum atomic E-state index is 13.3. The molecular formula is C19H23N3O. The number of carbonyl (C=O) groups is 1. The molecule has 1 aliphatic heterocycles. The monoisotopic (exact) mass is 309 g/mol. The first-order valence-corrected chi connectivity index (χ1v) is 8.61. The van der Waals surface area contributed by atoms with Crippen LogP contribution in [-0.2, 0) is 18.3 Å². The Morgan fingerprint density at radius 1 is 1.22 bits per heavy atom. The van der Waals surface area contributed by atoms with E-state index in [1.165, 1.54) is 16.7 Å². The van der Waals surface area contributed by atoms with Crippen LogP contribution in [0.2, 0.25) is 0 Å². The second kappa shape index (κ2) is 5.84. The molecule has 4 rings (SSSR count). The van der Waals surface area contributed by atoms with Gasteiger partial charge < -0.3 is 4.90 Å². The molecule has 4 nitrogen and oxygen atoms in total. The Hall–Kier alpha value is -2.10. The summed E-state index contributed by atoms with van der Waals surface area (Å²) in [5, 5.41) is 4.28. The number of likely N-dealkylation sites (tertiary alicyclic amines) is 1. The summed E-state index contributed by atoms with van der Waals surface area (Å²) in [5.41, 5.74) is 3.78. The van der Waals surface area contributed by atoms with Crippen LogP contribution in [0, 0.1) is 0 Å².